The van der Waals surface area contributed by atoms with Gasteiger partial charge in [-0.2, -0.15) is 5.10 Å². The summed E-state index contributed by atoms with van der Waals surface area (Å²) in [5, 5.41) is 6.97. The molecule has 0 spiro atoms. The molecule has 0 aliphatic rings. The molecule has 0 saturated carbocycles. The van der Waals surface area contributed by atoms with E-state index in [1.54, 1.807) is 38.3 Å². The highest BCUT2D eigenvalue weighted by molar-refractivity contribution is 5.90. The van der Waals surface area contributed by atoms with Gasteiger partial charge in [0.15, 0.2) is 11.5 Å². The zero-order valence-corrected chi connectivity index (χ0v) is 16.6. The van der Waals surface area contributed by atoms with Crippen LogP contribution in [0.2, 0.25) is 0 Å². The lowest BCUT2D eigenvalue weighted by Crippen LogP contribution is -2.32. The molecule has 0 atom stereocenters. The fourth-order valence-electron chi connectivity index (χ4n) is 3.04. The van der Waals surface area contributed by atoms with Gasteiger partial charge in [0.2, 0.25) is 5.91 Å². The number of anilines is 1. The largest absolute Gasteiger partial charge is 0.493 e. The summed E-state index contributed by atoms with van der Waals surface area (Å²) >= 11 is 0. The third-order valence-electron chi connectivity index (χ3n) is 4.37. The van der Waals surface area contributed by atoms with Gasteiger partial charge < -0.3 is 14.8 Å². The van der Waals surface area contributed by atoms with Crippen molar-refractivity contribution in [3.05, 3.63) is 81.8 Å². The van der Waals surface area contributed by atoms with Gasteiger partial charge in [0.25, 0.3) is 5.56 Å². The molecule has 3 aromatic rings. The van der Waals surface area contributed by atoms with E-state index in [1.807, 2.05) is 30.3 Å². The first-order valence-corrected chi connectivity index (χ1v) is 9.13. The van der Waals surface area contributed by atoms with E-state index in [4.69, 9.17) is 9.47 Å². The minimum Gasteiger partial charge on any atom is -0.493 e. The van der Waals surface area contributed by atoms with Gasteiger partial charge in [-0.05, 0) is 30.7 Å². The van der Waals surface area contributed by atoms with Crippen molar-refractivity contribution in [2.24, 2.45) is 0 Å². The smallest absolute Gasteiger partial charge is 0.270 e. The number of rotatable bonds is 7. The third-order valence-corrected chi connectivity index (χ3v) is 4.37. The number of aromatic nitrogens is 2. The van der Waals surface area contributed by atoms with Crippen LogP contribution in [0.25, 0.3) is 0 Å². The highest BCUT2D eigenvalue weighted by Gasteiger charge is 2.12. The third kappa shape index (κ3) is 5.01. The number of amides is 1. The normalized spacial score (nSPS) is 10.4. The molecule has 0 radical (unpaired) electrons. The van der Waals surface area contributed by atoms with E-state index in [1.165, 1.54) is 11.8 Å². The Kier molecular flexibility index (Phi) is 6.29. The van der Waals surface area contributed by atoms with E-state index in [9.17, 15) is 9.59 Å². The number of methoxy groups -OCH3 is 2. The van der Waals surface area contributed by atoms with Crippen LogP contribution < -0.4 is 20.3 Å². The number of ether oxygens (including phenoxy) is 2. The number of nitrogens with zero attached hydrogens (tertiary/aromatic N) is 2. The highest BCUT2D eigenvalue weighted by Crippen LogP contribution is 2.29. The van der Waals surface area contributed by atoms with Gasteiger partial charge >= 0.3 is 0 Å². The van der Waals surface area contributed by atoms with E-state index >= 15 is 0 Å². The second-order valence-corrected chi connectivity index (χ2v) is 6.55. The van der Waals surface area contributed by atoms with Gasteiger partial charge in [0, 0.05) is 23.7 Å². The second-order valence-electron chi connectivity index (χ2n) is 6.55. The molecule has 7 nitrogen and oxygen atoms in total. The summed E-state index contributed by atoms with van der Waals surface area (Å²) in [6.45, 7) is 1.62. The van der Waals surface area contributed by atoms with Gasteiger partial charge in [0.1, 0.15) is 6.54 Å². The number of carbonyl (C=O) groups excluding carboxylic acids is 1. The maximum Gasteiger partial charge on any atom is 0.270 e. The average Bonchev–Trinajstić information content (AvgIpc) is 2.72. The van der Waals surface area contributed by atoms with Crippen LogP contribution in [0.4, 0.5) is 5.69 Å². The molecule has 1 amide bonds. The first-order valence-electron chi connectivity index (χ1n) is 9.13. The molecule has 29 heavy (non-hydrogen) atoms. The maximum absolute atomic E-state index is 12.8. The van der Waals surface area contributed by atoms with Crippen molar-refractivity contribution in [3.63, 3.8) is 0 Å². The fraction of sp³-hybridized carbons (Fsp3) is 0.227. The van der Waals surface area contributed by atoms with E-state index < -0.39 is 0 Å². The molecule has 1 heterocycles. The van der Waals surface area contributed by atoms with Gasteiger partial charge in [-0.1, -0.05) is 30.3 Å². The monoisotopic (exact) mass is 393 g/mol. The van der Waals surface area contributed by atoms with Crippen molar-refractivity contribution in [3.8, 4) is 11.5 Å². The molecule has 0 saturated heterocycles. The summed E-state index contributed by atoms with van der Waals surface area (Å²) in [5.74, 6) is 0.706. The Morgan fingerprint density at radius 2 is 1.76 bits per heavy atom. The van der Waals surface area contributed by atoms with E-state index in [0.717, 1.165) is 5.56 Å². The first kappa shape index (κ1) is 20.1. The summed E-state index contributed by atoms with van der Waals surface area (Å²) in [4.78, 5) is 25.3. The minimum absolute atomic E-state index is 0.184. The molecule has 0 aliphatic heterocycles. The summed E-state index contributed by atoms with van der Waals surface area (Å²) in [6.07, 6.45) is 0.486. The number of hydrogen-bond acceptors (Lipinski definition) is 5. The van der Waals surface area contributed by atoms with Gasteiger partial charge in [0.05, 0.1) is 19.9 Å². The summed E-state index contributed by atoms with van der Waals surface area (Å²) < 4.78 is 11.6. The molecule has 0 bridgehead atoms. The molecule has 2 aromatic carbocycles. The first-order chi connectivity index (χ1) is 14.0. The Bertz CT molecular complexity index is 1060. The molecule has 3 rings (SSSR count). The lowest BCUT2D eigenvalue weighted by molar-refractivity contribution is -0.117. The molecule has 150 valence electrons. The molecule has 0 unspecified atom stereocenters. The summed E-state index contributed by atoms with van der Waals surface area (Å²) in [6, 6.07) is 16.5. The quantitative estimate of drug-likeness (QED) is 0.667. The zero-order valence-electron chi connectivity index (χ0n) is 16.6. The number of nitrogens with one attached hydrogen (secondary N) is 1. The van der Waals surface area contributed by atoms with Crippen molar-refractivity contribution in [1.82, 2.24) is 9.78 Å². The van der Waals surface area contributed by atoms with E-state index in [2.05, 4.69) is 10.4 Å². The number of aryl methyl sites for hydroxylation is 1. The van der Waals surface area contributed by atoms with Crippen LogP contribution in [0.1, 0.15) is 16.8 Å². The van der Waals surface area contributed by atoms with Crippen molar-refractivity contribution in [1.29, 1.82) is 0 Å². The van der Waals surface area contributed by atoms with Gasteiger partial charge in [-0.3, -0.25) is 9.59 Å². The Labute approximate surface area is 168 Å². The van der Waals surface area contributed by atoms with Gasteiger partial charge in [-0.15, -0.1) is 0 Å². The lowest BCUT2D eigenvalue weighted by atomic mass is 10.1. The Balaban J connectivity index is 1.77. The summed E-state index contributed by atoms with van der Waals surface area (Å²) in [5.41, 5.74) is 2.56. The molecular weight excluding hydrogens is 370 g/mol. The van der Waals surface area contributed by atoms with Crippen molar-refractivity contribution < 1.29 is 14.3 Å². The van der Waals surface area contributed by atoms with Crippen molar-refractivity contribution >= 4 is 11.6 Å². The number of carbonyl (C=O) groups is 1. The van der Waals surface area contributed by atoms with Crippen LogP contribution in [-0.4, -0.2) is 29.9 Å². The molecule has 1 N–H and O–H groups in total. The average molecular weight is 393 g/mol. The van der Waals surface area contributed by atoms with E-state index in [-0.39, 0.29) is 18.0 Å². The Morgan fingerprint density at radius 3 is 2.45 bits per heavy atom. The standard InChI is InChI=1S/C22H23N3O4/c1-15-11-17(12-16-7-5-4-6-8-16)22(27)25(24-15)14-21(26)23-18-9-10-19(28-2)20(13-18)29-3/h4-11,13H,12,14H2,1-3H3,(H,23,26). The van der Waals surface area contributed by atoms with Gasteiger partial charge in [-0.25, -0.2) is 4.68 Å². The minimum atomic E-state index is -0.358. The summed E-state index contributed by atoms with van der Waals surface area (Å²) in [7, 11) is 3.06. The Hall–Kier alpha value is -3.61. The maximum atomic E-state index is 12.8. The van der Waals surface area contributed by atoms with Crippen LogP contribution in [0, 0.1) is 6.92 Å². The zero-order chi connectivity index (χ0) is 20.8. The molecule has 1 aromatic heterocycles. The number of hydrogen-bond donors (Lipinski definition) is 1. The van der Waals surface area contributed by atoms with Crippen LogP contribution >= 0.6 is 0 Å². The van der Waals surface area contributed by atoms with Crippen LogP contribution in [0.5, 0.6) is 11.5 Å². The molecule has 0 aliphatic carbocycles. The van der Waals surface area contributed by atoms with Crippen LogP contribution in [-0.2, 0) is 17.8 Å². The van der Waals surface area contributed by atoms with Crippen LogP contribution in [0.3, 0.4) is 0 Å². The molecule has 0 fully saturated rings. The SMILES string of the molecule is COc1ccc(NC(=O)Cn2nc(C)cc(Cc3ccccc3)c2=O)cc1OC. The predicted octanol–water partition coefficient (Wildman–Crippen LogP) is 2.80. The van der Waals surface area contributed by atoms with Crippen LogP contribution in [0.15, 0.2) is 59.4 Å². The number of benzene rings is 2. The Morgan fingerprint density at radius 1 is 1.03 bits per heavy atom. The van der Waals surface area contributed by atoms with Crippen molar-refractivity contribution in [2.75, 3.05) is 19.5 Å². The van der Waals surface area contributed by atoms with Crippen molar-refractivity contribution in [2.45, 2.75) is 19.9 Å². The fourth-order valence-corrected chi connectivity index (χ4v) is 3.04. The predicted molar refractivity (Wildman–Crippen MR) is 111 cm³/mol. The molecular formula is C22H23N3O4. The van der Waals surface area contributed by atoms with E-state index in [0.29, 0.717) is 34.9 Å². The second kappa shape index (κ2) is 9.05. The lowest BCUT2D eigenvalue weighted by Gasteiger charge is -2.12. The topological polar surface area (TPSA) is 82.5 Å². The molecule has 7 heteroatoms. The highest BCUT2D eigenvalue weighted by atomic mass is 16.5.